The molecular formula is C15H11NO2. The molecule has 0 radical (unpaired) electrons. The molecule has 88 valence electrons. The van der Waals surface area contributed by atoms with E-state index in [1.54, 1.807) is 12.1 Å². The third kappa shape index (κ3) is 1.86. The average molecular weight is 237 g/mol. The third-order valence-corrected chi connectivity index (χ3v) is 2.74. The van der Waals surface area contributed by atoms with Crippen molar-refractivity contribution in [3.05, 3.63) is 61.0 Å². The third-order valence-electron chi connectivity index (χ3n) is 2.74. The van der Waals surface area contributed by atoms with Crippen LogP contribution in [0.1, 0.15) is 0 Å². The molecule has 0 aliphatic rings. The van der Waals surface area contributed by atoms with E-state index < -0.39 is 0 Å². The molecule has 3 aromatic rings. The Balaban J connectivity index is 2.10. The average Bonchev–Trinajstić information content (AvgIpc) is 2.90. The van der Waals surface area contributed by atoms with Crippen LogP contribution in [0, 0.1) is 0 Å². The number of hydrogen-bond donors (Lipinski definition) is 1. The van der Waals surface area contributed by atoms with Crippen LogP contribution in [0.15, 0.2) is 65.4 Å². The highest BCUT2D eigenvalue weighted by molar-refractivity contribution is 5.76. The van der Waals surface area contributed by atoms with E-state index in [4.69, 9.17) is 4.42 Å². The molecule has 0 aliphatic carbocycles. The lowest BCUT2D eigenvalue weighted by Crippen LogP contribution is -1.81. The minimum atomic E-state index is 0.239. The van der Waals surface area contributed by atoms with Gasteiger partial charge in [-0.3, -0.25) is 0 Å². The Morgan fingerprint density at radius 3 is 2.28 bits per heavy atom. The number of nitrogens with zero attached hydrogens (tertiary/aromatic N) is 1. The van der Waals surface area contributed by atoms with E-state index >= 15 is 0 Å². The highest BCUT2D eigenvalue weighted by atomic mass is 16.3. The molecule has 0 atom stereocenters. The standard InChI is InChI=1S/C15H11NO2/c17-13-8-6-11(7-9-13)14-15(18-10-16-14)12-4-2-1-3-5-12/h1-10,17H. The van der Waals surface area contributed by atoms with Gasteiger partial charge in [0.1, 0.15) is 11.4 Å². The van der Waals surface area contributed by atoms with Gasteiger partial charge in [-0.2, -0.15) is 0 Å². The number of aromatic nitrogens is 1. The summed E-state index contributed by atoms with van der Waals surface area (Å²) in [5.74, 6) is 0.977. The normalized spacial score (nSPS) is 10.4. The first-order valence-corrected chi connectivity index (χ1v) is 5.63. The van der Waals surface area contributed by atoms with Gasteiger partial charge in [0.15, 0.2) is 12.2 Å². The molecule has 0 saturated heterocycles. The van der Waals surface area contributed by atoms with E-state index in [0.29, 0.717) is 0 Å². The van der Waals surface area contributed by atoms with Crippen molar-refractivity contribution in [3.63, 3.8) is 0 Å². The first-order chi connectivity index (χ1) is 8.84. The summed E-state index contributed by atoms with van der Waals surface area (Å²) in [7, 11) is 0. The van der Waals surface area contributed by atoms with Gasteiger partial charge in [0.2, 0.25) is 0 Å². The fourth-order valence-electron chi connectivity index (χ4n) is 1.87. The van der Waals surface area contributed by atoms with Crippen LogP contribution in [0.4, 0.5) is 0 Å². The van der Waals surface area contributed by atoms with Crippen LogP contribution in [0.3, 0.4) is 0 Å². The summed E-state index contributed by atoms with van der Waals surface area (Å²) >= 11 is 0. The Hall–Kier alpha value is -2.55. The molecule has 2 aromatic carbocycles. The van der Waals surface area contributed by atoms with Gasteiger partial charge in [0, 0.05) is 11.1 Å². The number of benzene rings is 2. The van der Waals surface area contributed by atoms with Crippen LogP contribution in [0.5, 0.6) is 5.75 Å². The molecular weight excluding hydrogens is 226 g/mol. The fraction of sp³-hybridized carbons (Fsp3) is 0. The zero-order valence-corrected chi connectivity index (χ0v) is 9.58. The number of hydrogen-bond acceptors (Lipinski definition) is 3. The van der Waals surface area contributed by atoms with Crippen LogP contribution in [0.25, 0.3) is 22.6 Å². The smallest absolute Gasteiger partial charge is 0.182 e. The second-order valence-electron chi connectivity index (χ2n) is 3.94. The highest BCUT2D eigenvalue weighted by Crippen LogP contribution is 2.31. The van der Waals surface area contributed by atoms with Crippen molar-refractivity contribution >= 4 is 0 Å². The summed E-state index contributed by atoms with van der Waals surface area (Å²) in [6.45, 7) is 0. The Kier molecular flexibility index (Phi) is 2.57. The van der Waals surface area contributed by atoms with Crippen LogP contribution in [-0.2, 0) is 0 Å². The molecule has 1 heterocycles. The predicted octanol–water partition coefficient (Wildman–Crippen LogP) is 3.71. The lowest BCUT2D eigenvalue weighted by molar-refractivity contribution is 0.475. The van der Waals surface area contributed by atoms with Crippen molar-refractivity contribution in [1.29, 1.82) is 0 Å². The predicted molar refractivity (Wildman–Crippen MR) is 69.0 cm³/mol. The summed E-state index contributed by atoms with van der Waals surface area (Å²) in [4.78, 5) is 4.24. The molecule has 0 unspecified atom stereocenters. The van der Waals surface area contributed by atoms with Crippen molar-refractivity contribution < 1.29 is 9.52 Å². The Morgan fingerprint density at radius 2 is 1.56 bits per heavy atom. The molecule has 0 saturated carbocycles. The van der Waals surface area contributed by atoms with Gasteiger partial charge >= 0.3 is 0 Å². The van der Waals surface area contributed by atoms with Gasteiger partial charge in [-0.1, -0.05) is 30.3 Å². The van der Waals surface area contributed by atoms with Gasteiger partial charge in [0.05, 0.1) is 0 Å². The second kappa shape index (κ2) is 4.37. The molecule has 0 bridgehead atoms. The van der Waals surface area contributed by atoms with Crippen molar-refractivity contribution in [2.75, 3.05) is 0 Å². The molecule has 0 spiro atoms. The van der Waals surface area contributed by atoms with E-state index in [2.05, 4.69) is 4.98 Å². The molecule has 0 fully saturated rings. The molecule has 0 amide bonds. The molecule has 1 N–H and O–H groups in total. The minimum absolute atomic E-state index is 0.239. The first-order valence-electron chi connectivity index (χ1n) is 5.63. The Bertz CT molecular complexity index is 642. The van der Waals surface area contributed by atoms with E-state index in [9.17, 15) is 5.11 Å². The lowest BCUT2D eigenvalue weighted by Gasteiger charge is -2.01. The van der Waals surface area contributed by atoms with Crippen LogP contribution < -0.4 is 0 Å². The van der Waals surface area contributed by atoms with Gasteiger partial charge < -0.3 is 9.52 Å². The quantitative estimate of drug-likeness (QED) is 0.739. The topological polar surface area (TPSA) is 46.3 Å². The monoisotopic (exact) mass is 237 g/mol. The van der Waals surface area contributed by atoms with Gasteiger partial charge in [-0.15, -0.1) is 0 Å². The molecule has 3 rings (SSSR count). The summed E-state index contributed by atoms with van der Waals surface area (Å²) in [5, 5.41) is 9.30. The lowest BCUT2D eigenvalue weighted by atomic mass is 10.1. The molecule has 0 aliphatic heterocycles. The zero-order valence-electron chi connectivity index (χ0n) is 9.58. The van der Waals surface area contributed by atoms with E-state index in [1.807, 2.05) is 42.5 Å². The maximum Gasteiger partial charge on any atom is 0.182 e. The second-order valence-corrected chi connectivity index (χ2v) is 3.94. The number of oxazole rings is 1. The first kappa shape index (κ1) is 10.6. The van der Waals surface area contributed by atoms with Gasteiger partial charge in [-0.05, 0) is 24.3 Å². The number of phenolic OH excluding ortho intramolecular Hbond substituents is 1. The van der Waals surface area contributed by atoms with E-state index in [-0.39, 0.29) is 5.75 Å². The number of rotatable bonds is 2. The highest BCUT2D eigenvalue weighted by Gasteiger charge is 2.12. The van der Waals surface area contributed by atoms with Gasteiger partial charge in [-0.25, -0.2) is 4.98 Å². The van der Waals surface area contributed by atoms with Crippen LogP contribution in [0.2, 0.25) is 0 Å². The largest absolute Gasteiger partial charge is 0.508 e. The Morgan fingerprint density at radius 1 is 0.833 bits per heavy atom. The zero-order chi connectivity index (χ0) is 12.4. The van der Waals surface area contributed by atoms with Crippen molar-refractivity contribution in [2.24, 2.45) is 0 Å². The maximum atomic E-state index is 9.30. The van der Waals surface area contributed by atoms with Crippen molar-refractivity contribution in [2.45, 2.75) is 0 Å². The maximum absolute atomic E-state index is 9.30. The SMILES string of the molecule is Oc1ccc(-c2ncoc2-c2ccccc2)cc1. The Labute approximate surface area is 104 Å². The van der Waals surface area contributed by atoms with E-state index in [1.165, 1.54) is 6.39 Å². The van der Waals surface area contributed by atoms with Crippen molar-refractivity contribution in [1.82, 2.24) is 4.98 Å². The van der Waals surface area contributed by atoms with Gasteiger partial charge in [0.25, 0.3) is 0 Å². The molecule has 3 nitrogen and oxygen atoms in total. The molecule has 3 heteroatoms. The van der Waals surface area contributed by atoms with Crippen molar-refractivity contribution in [3.8, 4) is 28.3 Å². The number of phenols is 1. The summed E-state index contributed by atoms with van der Waals surface area (Å²) in [6.07, 6.45) is 1.44. The van der Waals surface area contributed by atoms with E-state index in [0.717, 1.165) is 22.6 Å². The summed E-state index contributed by atoms with van der Waals surface area (Å²) in [5.41, 5.74) is 2.68. The number of aromatic hydroxyl groups is 1. The summed E-state index contributed by atoms with van der Waals surface area (Å²) in [6, 6.07) is 16.7. The van der Waals surface area contributed by atoms with Crippen LogP contribution in [-0.4, -0.2) is 10.1 Å². The molecule has 18 heavy (non-hydrogen) atoms. The summed E-state index contributed by atoms with van der Waals surface area (Å²) < 4.78 is 5.46. The minimum Gasteiger partial charge on any atom is -0.508 e. The fourth-order valence-corrected chi connectivity index (χ4v) is 1.87. The molecule has 1 aromatic heterocycles. The van der Waals surface area contributed by atoms with Crippen LogP contribution >= 0.6 is 0 Å².